The third kappa shape index (κ3) is 3.11. The molecular weight excluding hydrogens is 366 g/mol. The summed E-state index contributed by atoms with van der Waals surface area (Å²) >= 11 is 12.1. The van der Waals surface area contributed by atoms with Crippen molar-refractivity contribution in [2.24, 2.45) is 0 Å². The van der Waals surface area contributed by atoms with Crippen LogP contribution in [0.25, 0.3) is 5.78 Å². The molecule has 3 aromatic rings. The number of alkyl halides is 3. The van der Waals surface area contributed by atoms with Crippen LogP contribution >= 0.6 is 23.2 Å². The number of aromatic nitrogens is 4. The Hall–Kier alpha value is -2.06. The Labute approximate surface area is 144 Å². The Morgan fingerprint density at radius 3 is 2.71 bits per heavy atom. The molecular formula is C14H10Cl2F3N5. The lowest BCUT2D eigenvalue weighted by Gasteiger charge is -2.18. The molecule has 0 saturated heterocycles. The zero-order chi connectivity index (χ0) is 17.5. The molecule has 10 heteroatoms. The maximum absolute atomic E-state index is 13.0. The van der Waals surface area contributed by atoms with Gasteiger partial charge in [0, 0.05) is 6.07 Å². The minimum atomic E-state index is -4.60. The maximum Gasteiger partial charge on any atom is 0.433 e. The second-order valence-electron chi connectivity index (χ2n) is 5.01. The van der Waals surface area contributed by atoms with Crippen molar-refractivity contribution in [3.63, 3.8) is 0 Å². The van der Waals surface area contributed by atoms with Gasteiger partial charge in [0.1, 0.15) is 12.1 Å². The van der Waals surface area contributed by atoms with E-state index < -0.39 is 17.9 Å². The van der Waals surface area contributed by atoms with Crippen LogP contribution < -0.4 is 5.32 Å². The molecule has 24 heavy (non-hydrogen) atoms. The zero-order valence-electron chi connectivity index (χ0n) is 12.1. The highest BCUT2D eigenvalue weighted by Crippen LogP contribution is 2.33. The van der Waals surface area contributed by atoms with E-state index in [2.05, 4.69) is 20.4 Å². The average molecular weight is 376 g/mol. The van der Waals surface area contributed by atoms with Crippen molar-refractivity contribution in [1.82, 2.24) is 19.6 Å². The van der Waals surface area contributed by atoms with E-state index in [0.717, 1.165) is 12.4 Å². The van der Waals surface area contributed by atoms with Crippen LogP contribution in [-0.2, 0) is 6.18 Å². The van der Waals surface area contributed by atoms with E-state index in [9.17, 15) is 13.2 Å². The van der Waals surface area contributed by atoms with Gasteiger partial charge in [-0.1, -0.05) is 35.3 Å². The highest BCUT2D eigenvalue weighted by molar-refractivity contribution is 6.42. The number of rotatable bonds is 3. The standard InChI is InChI=1S/C14H10Cl2F3N5/c1-7(8-3-2-4-9(15)12(8)16)22-11-5-10(14(17,18)19)23-13-20-6-21-24(11)13/h2-7,22H,1H3. The number of halogens is 5. The fourth-order valence-corrected chi connectivity index (χ4v) is 2.69. The fourth-order valence-electron chi connectivity index (χ4n) is 2.21. The lowest BCUT2D eigenvalue weighted by Crippen LogP contribution is -2.15. The predicted octanol–water partition coefficient (Wildman–Crippen LogP) is 4.62. The Balaban J connectivity index is 2.03. The normalized spacial score (nSPS) is 13.2. The monoisotopic (exact) mass is 375 g/mol. The Kier molecular flexibility index (Phi) is 4.27. The number of nitrogens with zero attached hydrogens (tertiary/aromatic N) is 4. The van der Waals surface area contributed by atoms with Gasteiger partial charge in [-0.25, -0.2) is 4.98 Å². The molecule has 0 saturated carbocycles. The summed E-state index contributed by atoms with van der Waals surface area (Å²) in [6.07, 6.45) is -3.47. The minimum Gasteiger partial charge on any atom is -0.363 e. The van der Waals surface area contributed by atoms with E-state index in [4.69, 9.17) is 23.2 Å². The summed E-state index contributed by atoms with van der Waals surface area (Å²) in [6, 6.07) is 5.52. The van der Waals surface area contributed by atoms with Gasteiger partial charge in [0.05, 0.1) is 16.1 Å². The zero-order valence-corrected chi connectivity index (χ0v) is 13.7. The van der Waals surface area contributed by atoms with Gasteiger partial charge in [-0.15, -0.1) is 0 Å². The minimum absolute atomic E-state index is 0.0911. The molecule has 0 bridgehead atoms. The SMILES string of the molecule is CC(Nc1cc(C(F)(F)F)nc2ncnn12)c1cccc(Cl)c1Cl. The van der Waals surface area contributed by atoms with E-state index in [1.165, 1.54) is 4.52 Å². The molecule has 0 radical (unpaired) electrons. The molecule has 5 nitrogen and oxygen atoms in total. The molecule has 1 unspecified atom stereocenters. The second kappa shape index (κ2) is 6.10. The quantitative estimate of drug-likeness (QED) is 0.725. The first-order valence-electron chi connectivity index (χ1n) is 6.76. The third-order valence-electron chi connectivity index (χ3n) is 3.35. The van der Waals surface area contributed by atoms with Crippen molar-refractivity contribution in [3.8, 4) is 0 Å². The van der Waals surface area contributed by atoms with Crippen LogP contribution in [0, 0.1) is 0 Å². The van der Waals surface area contributed by atoms with Gasteiger partial charge in [0.2, 0.25) is 0 Å². The van der Waals surface area contributed by atoms with Gasteiger partial charge in [0.15, 0.2) is 5.69 Å². The van der Waals surface area contributed by atoms with E-state index in [1.807, 2.05) is 0 Å². The van der Waals surface area contributed by atoms with Gasteiger partial charge in [-0.3, -0.25) is 0 Å². The van der Waals surface area contributed by atoms with Crippen molar-refractivity contribution in [1.29, 1.82) is 0 Å². The molecule has 1 aromatic carbocycles. The summed E-state index contributed by atoms with van der Waals surface area (Å²) in [5.74, 6) is -0.0647. The van der Waals surface area contributed by atoms with Crippen molar-refractivity contribution in [2.45, 2.75) is 19.1 Å². The van der Waals surface area contributed by atoms with Crippen LogP contribution in [0.3, 0.4) is 0 Å². The number of hydrogen-bond donors (Lipinski definition) is 1. The molecule has 1 N–H and O–H groups in total. The first-order chi connectivity index (χ1) is 11.3. The molecule has 1 atom stereocenters. The first-order valence-corrected chi connectivity index (χ1v) is 7.51. The molecule has 0 aliphatic rings. The summed E-state index contributed by atoms with van der Waals surface area (Å²) in [5.41, 5.74) is -0.419. The van der Waals surface area contributed by atoms with Crippen molar-refractivity contribution < 1.29 is 13.2 Å². The van der Waals surface area contributed by atoms with Crippen molar-refractivity contribution in [3.05, 3.63) is 51.9 Å². The van der Waals surface area contributed by atoms with Crippen LogP contribution in [0.2, 0.25) is 10.0 Å². The summed E-state index contributed by atoms with van der Waals surface area (Å²) in [7, 11) is 0. The van der Waals surface area contributed by atoms with E-state index >= 15 is 0 Å². The van der Waals surface area contributed by atoms with Crippen molar-refractivity contribution in [2.75, 3.05) is 5.32 Å². The topological polar surface area (TPSA) is 55.1 Å². The van der Waals surface area contributed by atoms with Gasteiger partial charge < -0.3 is 5.32 Å². The van der Waals surface area contributed by atoms with Crippen LogP contribution in [0.4, 0.5) is 19.0 Å². The molecule has 0 fully saturated rings. The van der Waals surface area contributed by atoms with Crippen molar-refractivity contribution >= 4 is 34.8 Å². The number of benzene rings is 1. The summed E-state index contributed by atoms with van der Waals surface area (Å²) in [4.78, 5) is 7.17. The molecule has 126 valence electrons. The second-order valence-corrected chi connectivity index (χ2v) is 5.79. The summed E-state index contributed by atoms with van der Waals surface area (Å²) < 4.78 is 40.2. The molecule has 2 aromatic heterocycles. The van der Waals surface area contributed by atoms with E-state index in [1.54, 1.807) is 25.1 Å². The van der Waals surface area contributed by atoms with E-state index in [0.29, 0.717) is 15.6 Å². The van der Waals surface area contributed by atoms with Gasteiger partial charge in [-0.2, -0.15) is 27.8 Å². The molecule has 0 aliphatic carbocycles. The Bertz CT molecular complexity index is 894. The highest BCUT2D eigenvalue weighted by Gasteiger charge is 2.34. The van der Waals surface area contributed by atoms with Crippen LogP contribution in [-0.4, -0.2) is 19.6 Å². The van der Waals surface area contributed by atoms with E-state index in [-0.39, 0.29) is 11.6 Å². The average Bonchev–Trinajstić information content (AvgIpc) is 2.97. The number of anilines is 1. The van der Waals surface area contributed by atoms with Gasteiger partial charge in [-0.05, 0) is 18.6 Å². The summed E-state index contributed by atoms with van der Waals surface area (Å²) in [5, 5.41) is 7.52. The Morgan fingerprint density at radius 2 is 2.00 bits per heavy atom. The predicted molar refractivity (Wildman–Crippen MR) is 84.3 cm³/mol. The van der Waals surface area contributed by atoms with Crippen LogP contribution in [0.5, 0.6) is 0 Å². The smallest absolute Gasteiger partial charge is 0.363 e. The largest absolute Gasteiger partial charge is 0.433 e. The molecule has 2 heterocycles. The van der Waals surface area contributed by atoms with Gasteiger partial charge in [0.25, 0.3) is 5.78 Å². The molecule has 0 amide bonds. The number of fused-ring (bicyclic) bond motifs is 1. The molecule has 0 spiro atoms. The molecule has 0 aliphatic heterocycles. The van der Waals surface area contributed by atoms with Crippen LogP contribution in [0.1, 0.15) is 24.2 Å². The number of nitrogens with one attached hydrogen (secondary N) is 1. The third-order valence-corrected chi connectivity index (χ3v) is 4.19. The first kappa shape index (κ1) is 16.8. The lowest BCUT2D eigenvalue weighted by atomic mass is 10.1. The molecule has 3 rings (SSSR count). The highest BCUT2D eigenvalue weighted by atomic mass is 35.5. The number of hydrogen-bond acceptors (Lipinski definition) is 4. The fraction of sp³-hybridized carbons (Fsp3) is 0.214. The Morgan fingerprint density at radius 1 is 1.25 bits per heavy atom. The van der Waals surface area contributed by atoms with Gasteiger partial charge >= 0.3 is 6.18 Å². The maximum atomic E-state index is 13.0. The lowest BCUT2D eigenvalue weighted by molar-refractivity contribution is -0.141. The summed E-state index contributed by atoms with van der Waals surface area (Å²) in [6.45, 7) is 1.74. The van der Waals surface area contributed by atoms with Crippen LogP contribution in [0.15, 0.2) is 30.6 Å².